The van der Waals surface area contributed by atoms with Crippen LogP contribution >= 0.6 is 24.0 Å². The van der Waals surface area contributed by atoms with Crippen LogP contribution in [0.15, 0.2) is 96.0 Å². The van der Waals surface area contributed by atoms with E-state index in [-0.39, 0.29) is 5.91 Å². The topological polar surface area (TPSA) is 47.4 Å². The highest BCUT2D eigenvalue weighted by Gasteiger charge is 2.32. The second-order valence-electron chi connectivity index (χ2n) is 8.66. The van der Waals surface area contributed by atoms with Crippen molar-refractivity contribution in [1.82, 2.24) is 14.7 Å². The number of thioether (sulfide) groups is 1. The lowest BCUT2D eigenvalue weighted by Crippen LogP contribution is -2.30. The molecule has 2 heterocycles. The molecule has 0 radical (unpaired) electrons. The maximum atomic E-state index is 13.3. The van der Waals surface area contributed by atoms with Crippen LogP contribution in [-0.2, 0) is 11.2 Å². The number of amides is 1. The zero-order valence-corrected chi connectivity index (χ0v) is 22.2. The summed E-state index contributed by atoms with van der Waals surface area (Å²) in [7, 11) is 0. The Morgan fingerprint density at radius 2 is 1.76 bits per heavy atom. The molecule has 0 atom stereocenters. The van der Waals surface area contributed by atoms with Crippen LogP contribution in [-0.4, -0.2) is 38.1 Å². The first-order valence-corrected chi connectivity index (χ1v) is 13.5. The SMILES string of the molecule is CCCOc1cccc(-c2nn(-c3ccccc3)cc2/C=C2\SC(=S)N(CCc3ccccc3)C2=O)c1. The highest BCUT2D eigenvalue weighted by molar-refractivity contribution is 8.26. The number of nitrogens with zero attached hydrogens (tertiary/aromatic N) is 3. The molecule has 5 nitrogen and oxygen atoms in total. The lowest BCUT2D eigenvalue weighted by Gasteiger charge is -2.14. The van der Waals surface area contributed by atoms with Crippen molar-refractivity contribution in [3.05, 3.63) is 107 Å². The zero-order valence-electron chi connectivity index (χ0n) is 20.5. The molecule has 186 valence electrons. The molecule has 5 rings (SSSR count). The Morgan fingerprint density at radius 3 is 2.51 bits per heavy atom. The molecule has 0 aliphatic carbocycles. The number of thiocarbonyl (C=S) groups is 1. The van der Waals surface area contributed by atoms with Crippen molar-refractivity contribution in [3.63, 3.8) is 0 Å². The van der Waals surface area contributed by atoms with Crippen molar-refractivity contribution in [1.29, 1.82) is 0 Å². The molecule has 1 saturated heterocycles. The first-order valence-electron chi connectivity index (χ1n) is 12.3. The number of hydrogen-bond acceptors (Lipinski definition) is 5. The molecule has 1 aliphatic heterocycles. The highest BCUT2D eigenvalue weighted by atomic mass is 32.2. The quantitative estimate of drug-likeness (QED) is 0.178. The maximum absolute atomic E-state index is 13.3. The van der Waals surface area contributed by atoms with E-state index in [9.17, 15) is 4.79 Å². The first kappa shape index (κ1) is 25.0. The number of para-hydroxylation sites is 1. The molecule has 4 aromatic rings. The molecule has 0 saturated carbocycles. The Kier molecular flexibility index (Phi) is 7.82. The van der Waals surface area contributed by atoms with Gasteiger partial charge in [-0.15, -0.1) is 0 Å². The third-order valence-corrected chi connectivity index (χ3v) is 7.35. The van der Waals surface area contributed by atoms with Crippen molar-refractivity contribution in [3.8, 4) is 22.7 Å². The minimum Gasteiger partial charge on any atom is -0.494 e. The molecule has 1 amide bonds. The molecule has 0 N–H and O–H groups in total. The predicted octanol–water partition coefficient (Wildman–Crippen LogP) is 6.77. The molecule has 0 unspecified atom stereocenters. The standard InChI is InChI=1S/C30H27N3O2S2/c1-2-18-35-26-15-9-12-23(19-26)28-24(21-33(31-28)25-13-7-4-8-14-25)20-27-29(34)32(30(36)37-27)17-16-22-10-5-3-6-11-22/h3-15,19-21H,2,16-18H2,1H3/b27-20-. The zero-order chi connectivity index (χ0) is 25.6. The summed E-state index contributed by atoms with van der Waals surface area (Å²) in [5.74, 6) is 0.733. The molecule has 7 heteroatoms. The summed E-state index contributed by atoms with van der Waals surface area (Å²) in [6.07, 6.45) is 5.55. The van der Waals surface area contributed by atoms with Gasteiger partial charge in [0.15, 0.2) is 0 Å². The summed E-state index contributed by atoms with van der Waals surface area (Å²) in [6.45, 7) is 3.29. The number of aromatic nitrogens is 2. The van der Waals surface area contributed by atoms with E-state index in [4.69, 9.17) is 22.1 Å². The number of benzene rings is 3. The monoisotopic (exact) mass is 525 g/mol. The fourth-order valence-electron chi connectivity index (χ4n) is 4.10. The van der Waals surface area contributed by atoms with Gasteiger partial charge in [-0.1, -0.05) is 91.6 Å². The van der Waals surface area contributed by atoms with E-state index in [1.54, 1.807) is 4.90 Å². The number of carbonyl (C=O) groups is 1. The molecule has 0 bridgehead atoms. The normalized spacial score (nSPS) is 14.5. The van der Waals surface area contributed by atoms with Gasteiger partial charge in [0.1, 0.15) is 15.8 Å². The number of rotatable bonds is 9. The van der Waals surface area contributed by atoms with E-state index in [0.717, 1.165) is 41.1 Å². The fraction of sp³-hybridized carbons (Fsp3) is 0.167. The Hall–Kier alpha value is -3.68. The highest BCUT2D eigenvalue weighted by Crippen LogP contribution is 2.35. The number of ether oxygens (including phenoxy) is 1. The lowest BCUT2D eigenvalue weighted by molar-refractivity contribution is -0.122. The van der Waals surface area contributed by atoms with Gasteiger partial charge in [-0.2, -0.15) is 5.10 Å². The van der Waals surface area contributed by atoms with Crippen LogP contribution in [0, 0.1) is 0 Å². The van der Waals surface area contributed by atoms with Gasteiger partial charge in [-0.3, -0.25) is 9.69 Å². The Balaban J connectivity index is 1.47. The predicted molar refractivity (Wildman–Crippen MR) is 155 cm³/mol. The van der Waals surface area contributed by atoms with Gasteiger partial charge in [0.05, 0.1) is 17.2 Å². The van der Waals surface area contributed by atoms with E-state index in [2.05, 4.69) is 19.1 Å². The van der Waals surface area contributed by atoms with Gasteiger partial charge >= 0.3 is 0 Å². The Morgan fingerprint density at radius 1 is 1.00 bits per heavy atom. The molecule has 1 fully saturated rings. The minimum absolute atomic E-state index is 0.0654. The largest absolute Gasteiger partial charge is 0.494 e. The second-order valence-corrected chi connectivity index (χ2v) is 10.3. The Labute approximate surface area is 226 Å². The Bertz CT molecular complexity index is 1430. The third kappa shape index (κ3) is 5.84. The van der Waals surface area contributed by atoms with E-state index in [0.29, 0.717) is 22.4 Å². The summed E-state index contributed by atoms with van der Waals surface area (Å²) in [5, 5.41) is 4.90. The summed E-state index contributed by atoms with van der Waals surface area (Å²) < 4.78 is 8.29. The molecular formula is C30H27N3O2S2. The summed E-state index contributed by atoms with van der Waals surface area (Å²) in [6, 6.07) is 28.0. The molecule has 37 heavy (non-hydrogen) atoms. The van der Waals surface area contributed by atoms with E-state index >= 15 is 0 Å². The van der Waals surface area contributed by atoms with Gasteiger partial charge in [0, 0.05) is 23.9 Å². The maximum Gasteiger partial charge on any atom is 0.266 e. The minimum atomic E-state index is -0.0654. The molecule has 1 aliphatic rings. The van der Waals surface area contributed by atoms with Crippen LogP contribution in [0.4, 0.5) is 0 Å². The van der Waals surface area contributed by atoms with Gasteiger partial charge in [-0.05, 0) is 48.7 Å². The van der Waals surface area contributed by atoms with Crippen LogP contribution in [0.3, 0.4) is 0 Å². The van der Waals surface area contributed by atoms with Gasteiger partial charge < -0.3 is 4.74 Å². The summed E-state index contributed by atoms with van der Waals surface area (Å²) in [4.78, 5) is 15.6. The van der Waals surface area contributed by atoms with Crippen molar-refractivity contribution in [2.45, 2.75) is 19.8 Å². The van der Waals surface area contributed by atoms with Crippen LogP contribution < -0.4 is 4.74 Å². The van der Waals surface area contributed by atoms with Crippen molar-refractivity contribution in [2.75, 3.05) is 13.2 Å². The van der Waals surface area contributed by atoms with Crippen molar-refractivity contribution >= 4 is 40.3 Å². The van der Waals surface area contributed by atoms with Gasteiger partial charge in [0.25, 0.3) is 5.91 Å². The first-order chi connectivity index (χ1) is 18.1. The second kappa shape index (κ2) is 11.6. The molecule has 1 aromatic heterocycles. The number of hydrogen-bond donors (Lipinski definition) is 0. The molecule has 3 aromatic carbocycles. The number of carbonyl (C=O) groups excluding carboxylic acids is 1. The fourth-order valence-corrected chi connectivity index (χ4v) is 5.40. The summed E-state index contributed by atoms with van der Waals surface area (Å²) >= 11 is 6.92. The average molecular weight is 526 g/mol. The van der Waals surface area contributed by atoms with E-state index < -0.39 is 0 Å². The van der Waals surface area contributed by atoms with Gasteiger partial charge in [-0.25, -0.2) is 4.68 Å². The van der Waals surface area contributed by atoms with Crippen LogP contribution in [0.2, 0.25) is 0 Å². The third-order valence-electron chi connectivity index (χ3n) is 5.97. The van der Waals surface area contributed by atoms with Crippen LogP contribution in [0.1, 0.15) is 24.5 Å². The average Bonchev–Trinajstić information content (AvgIpc) is 3.48. The van der Waals surface area contributed by atoms with E-state index in [1.165, 1.54) is 17.3 Å². The molecular weight excluding hydrogens is 498 g/mol. The summed E-state index contributed by atoms with van der Waals surface area (Å²) in [5.41, 5.74) is 4.67. The smallest absolute Gasteiger partial charge is 0.266 e. The lowest BCUT2D eigenvalue weighted by atomic mass is 10.1. The van der Waals surface area contributed by atoms with Crippen molar-refractivity contribution < 1.29 is 9.53 Å². The van der Waals surface area contributed by atoms with E-state index in [1.807, 2.05) is 89.8 Å². The molecule has 0 spiro atoms. The van der Waals surface area contributed by atoms with Crippen molar-refractivity contribution in [2.24, 2.45) is 0 Å². The van der Waals surface area contributed by atoms with Crippen LogP contribution in [0.25, 0.3) is 23.0 Å². The van der Waals surface area contributed by atoms with Gasteiger partial charge in [0.2, 0.25) is 0 Å². The van der Waals surface area contributed by atoms with Crippen LogP contribution in [0.5, 0.6) is 5.75 Å².